The molecule has 0 radical (unpaired) electrons. The van der Waals surface area contributed by atoms with Crippen molar-refractivity contribution in [3.8, 4) is 0 Å². The largest absolute Gasteiger partial charge is 0.396 e. The van der Waals surface area contributed by atoms with Gasteiger partial charge in [-0.3, -0.25) is 0 Å². The molecule has 1 aromatic rings. The zero-order valence-electron chi connectivity index (χ0n) is 10.0. The number of aliphatic hydroxyl groups is 1. The van der Waals surface area contributed by atoms with Gasteiger partial charge in [0.15, 0.2) is 0 Å². The topological polar surface area (TPSA) is 23.5 Å². The fourth-order valence-corrected chi connectivity index (χ4v) is 1.97. The van der Waals surface area contributed by atoms with Crippen LogP contribution in [-0.2, 0) is 6.54 Å². The zero-order valence-corrected chi connectivity index (χ0v) is 10.0. The molecule has 2 rings (SSSR count). The number of rotatable bonds is 5. The Morgan fingerprint density at radius 2 is 2.00 bits per heavy atom. The van der Waals surface area contributed by atoms with E-state index in [9.17, 15) is 0 Å². The fourth-order valence-electron chi connectivity index (χ4n) is 1.97. The Morgan fingerprint density at radius 1 is 1.18 bits per heavy atom. The van der Waals surface area contributed by atoms with E-state index in [1.54, 1.807) is 0 Å². The summed E-state index contributed by atoms with van der Waals surface area (Å²) in [6.07, 6.45) is 8.39. The highest BCUT2D eigenvalue weighted by atomic mass is 16.2. The maximum atomic E-state index is 8.78. The molecule has 2 nitrogen and oxygen atoms in total. The molecule has 1 aliphatic heterocycles. The van der Waals surface area contributed by atoms with Crippen LogP contribution >= 0.6 is 0 Å². The maximum absolute atomic E-state index is 8.78. The average molecular weight is 229 g/mol. The lowest BCUT2D eigenvalue weighted by atomic mass is 10.1. The Hall–Kier alpha value is -1.54. The van der Waals surface area contributed by atoms with Crippen molar-refractivity contribution in [2.75, 3.05) is 13.2 Å². The molecular formula is C15H19NO. The van der Waals surface area contributed by atoms with Crippen molar-refractivity contribution in [1.29, 1.82) is 0 Å². The molecule has 0 unspecified atom stereocenters. The quantitative estimate of drug-likeness (QED) is 0.839. The summed E-state index contributed by atoms with van der Waals surface area (Å²) in [6, 6.07) is 10.5. The molecule has 0 saturated heterocycles. The normalized spacial score (nSPS) is 14.9. The summed E-state index contributed by atoms with van der Waals surface area (Å²) >= 11 is 0. The first-order chi connectivity index (χ1) is 8.38. The molecular weight excluding hydrogens is 210 g/mol. The molecule has 1 heterocycles. The Bertz CT molecular complexity index is 395. The van der Waals surface area contributed by atoms with Gasteiger partial charge in [0.05, 0.1) is 0 Å². The van der Waals surface area contributed by atoms with Gasteiger partial charge in [-0.05, 0) is 36.3 Å². The van der Waals surface area contributed by atoms with Crippen LogP contribution in [0.25, 0.3) is 0 Å². The number of nitrogens with zero attached hydrogens (tertiary/aromatic N) is 1. The van der Waals surface area contributed by atoms with Gasteiger partial charge in [-0.25, -0.2) is 0 Å². The standard InChI is InChI=1S/C15H19NO/c17-12-4-7-14-8-10-16(11-9-14)13-15-5-2-1-3-6-15/h1-3,5-6,8-10,17H,4,7,11-13H2. The van der Waals surface area contributed by atoms with Crippen molar-refractivity contribution in [3.63, 3.8) is 0 Å². The highest BCUT2D eigenvalue weighted by Gasteiger charge is 2.04. The Morgan fingerprint density at radius 3 is 2.65 bits per heavy atom. The molecule has 17 heavy (non-hydrogen) atoms. The van der Waals surface area contributed by atoms with Gasteiger partial charge in [-0.2, -0.15) is 0 Å². The number of hydrogen-bond donors (Lipinski definition) is 1. The highest BCUT2D eigenvalue weighted by molar-refractivity contribution is 5.23. The molecule has 0 spiro atoms. The molecule has 2 heteroatoms. The van der Waals surface area contributed by atoms with E-state index in [1.807, 2.05) is 6.07 Å². The number of benzene rings is 1. The van der Waals surface area contributed by atoms with Crippen LogP contribution in [-0.4, -0.2) is 23.2 Å². The van der Waals surface area contributed by atoms with Gasteiger partial charge in [-0.1, -0.05) is 36.4 Å². The second-order valence-electron chi connectivity index (χ2n) is 4.34. The first kappa shape index (κ1) is 11.9. The molecule has 1 aliphatic rings. The highest BCUT2D eigenvalue weighted by Crippen LogP contribution is 2.14. The molecule has 0 aliphatic carbocycles. The van der Waals surface area contributed by atoms with E-state index >= 15 is 0 Å². The summed E-state index contributed by atoms with van der Waals surface area (Å²) in [7, 11) is 0. The molecule has 1 N–H and O–H groups in total. The molecule has 0 amide bonds. The van der Waals surface area contributed by atoms with Crippen LogP contribution in [0.3, 0.4) is 0 Å². The molecule has 1 aromatic carbocycles. The van der Waals surface area contributed by atoms with Crippen molar-refractivity contribution in [2.24, 2.45) is 0 Å². The van der Waals surface area contributed by atoms with Gasteiger partial charge in [0.25, 0.3) is 0 Å². The minimum atomic E-state index is 0.277. The lowest BCUT2D eigenvalue weighted by molar-refractivity contribution is 0.288. The first-order valence-corrected chi connectivity index (χ1v) is 6.14. The third-order valence-corrected chi connectivity index (χ3v) is 2.94. The van der Waals surface area contributed by atoms with E-state index < -0.39 is 0 Å². The van der Waals surface area contributed by atoms with E-state index in [2.05, 4.69) is 47.5 Å². The second kappa shape index (κ2) is 6.26. The molecule has 0 aromatic heterocycles. The number of hydrogen-bond acceptors (Lipinski definition) is 2. The van der Waals surface area contributed by atoms with Crippen LogP contribution < -0.4 is 0 Å². The molecule has 0 fully saturated rings. The van der Waals surface area contributed by atoms with E-state index in [1.165, 1.54) is 11.1 Å². The number of aliphatic hydroxyl groups excluding tert-OH is 1. The Kier molecular flexibility index (Phi) is 4.39. The summed E-state index contributed by atoms with van der Waals surface area (Å²) in [5.41, 5.74) is 2.67. The van der Waals surface area contributed by atoms with Gasteiger partial charge >= 0.3 is 0 Å². The lowest BCUT2D eigenvalue weighted by Crippen LogP contribution is -2.19. The van der Waals surface area contributed by atoms with Crippen molar-refractivity contribution in [2.45, 2.75) is 19.4 Å². The summed E-state index contributed by atoms with van der Waals surface area (Å²) in [4.78, 5) is 2.29. The van der Waals surface area contributed by atoms with Crippen molar-refractivity contribution in [1.82, 2.24) is 4.90 Å². The van der Waals surface area contributed by atoms with Crippen LogP contribution in [0.2, 0.25) is 0 Å². The summed E-state index contributed by atoms with van der Waals surface area (Å²) in [6.45, 7) is 2.20. The predicted molar refractivity (Wildman–Crippen MR) is 70.4 cm³/mol. The van der Waals surface area contributed by atoms with Gasteiger partial charge in [0, 0.05) is 19.7 Å². The third-order valence-electron chi connectivity index (χ3n) is 2.94. The molecule has 0 saturated carbocycles. The average Bonchev–Trinajstić information content (AvgIpc) is 2.39. The SMILES string of the molecule is OCCCC1=CCN(Cc2ccccc2)C=C1. The van der Waals surface area contributed by atoms with Crippen LogP contribution in [0.4, 0.5) is 0 Å². The first-order valence-electron chi connectivity index (χ1n) is 6.14. The third kappa shape index (κ3) is 3.75. The summed E-state index contributed by atoms with van der Waals surface area (Å²) in [5, 5.41) is 8.78. The minimum absolute atomic E-state index is 0.277. The maximum Gasteiger partial charge on any atom is 0.0434 e. The fraction of sp³-hybridized carbons (Fsp3) is 0.333. The summed E-state index contributed by atoms with van der Waals surface area (Å²) < 4.78 is 0. The second-order valence-corrected chi connectivity index (χ2v) is 4.34. The van der Waals surface area contributed by atoms with Crippen LogP contribution in [0.1, 0.15) is 18.4 Å². The smallest absolute Gasteiger partial charge is 0.0434 e. The van der Waals surface area contributed by atoms with Crippen molar-refractivity contribution in [3.05, 3.63) is 59.8 Å². The Balaban J connectivity index is 1.84. The van der Waals surface area contributed by atoms with Gasteiger partial charge < -0.3 is 10.0 Å². The minimum Gasteiger partial charge on any atom is -0.396 e. The van der Waals surface area contributed by atoms with Crippen LogP contribution in [0.15, 0.2) is 54.3 Å². The van der Waals surface area contributed by atoms with E-state index in [-0.39, 0.29) is 6.61 Å². The predicted octanol–water partition coefficient (Wildman–Crippen LogP) is 2.71. The van der Waals surface area contributed by atoms with Crippen molar-refractivity contribution < 1.29 is 5.11 Å². The number of allylic oxidation sites excluding steroid dienone is 2. The zero-order chi connectivity index (χ0) is 11.9. The van der Waals surface area contributed by atoms with E-state index in [0.717, 1.165) is 25.9 Å². The monoisotopic (exact) mass is 229 g/mol. The van der Waals surface area contributed by atoms with E-state index in [0.29, 0.717) is 0 Å². The van der Waals surface area contributed by atoms with Gasteiger partial charge in [0.2, 0.25) is 0 Å². The lowest BCUT2D eigenvalue weighted by Gasteiger charge is -2.22. The van der Waals surface area contributed by atoms with E-state index in [4.69, 9.17) is 5.11 Å². The van der Waals surface area contributed by atoms with Crippen LogP contribution in [0, 0.1) is 0 Å². The molecule has 90 valence electrons. The molecule has 0 atom stereocenters. The van der Waals surface area contributed by atoms with Gasteiger partial charge in [-0.15, -0.1) is 0 Å². The Labute approximate surface area is 103 Å². The summed E-state index contributed by atoms with van der Waals surface area (Å²) in [5.74, 6) is 0. The van der Waals surface area contributed by atoms with Gasteiger partial charge in [0.1, 0.15) is 0 Å². The van der Waals surface area contributed by atoms with Crippen molar-refractivity contribution >= 4 is 0 Å². The van der Waals surface area contributed by atoms with Crippen LogP contribution in [0.5, 0.6) is 0 Å². The molecule has 0 bridgehead atoms.